The summed E-state index contributed by atoms with van der Waals surface area (Å²) in [7, 11) is 0. The molecule has 0 aliphatic heterocycles. The van der Waals surface area contributed by atoms with Gasteiger partial charge in [0.2, 0.25) is 0 Å². The zero-order chi connectivity index (χ0) is 15.2. The molecule has 0 aliphatic rings. The molecule has 4 nitrogen and oxygen atoms in total. The molecule has 1 N–H and O–H groups in total. The predicted octanol–water partition coefficient (Wildman–Crippen LogP) is 2.87. The number of aromatic nitrogens is 1. The minimum absolute atomic E-state index is 0.0664. The Bertz CT molecular complexity index is 604. The molecule has 5 heteroatoms. The average molecular weight is 288 g/mol. The zero-order valence-corrected chi connectivity index (χ0v) is 11.9. The maximum atomic E-state index is 13.5. The van der Waals surface area contributed by atoms with Crippen molar-refractivity contribution >= 4 is 5.91 Å². The van der Waals surface area contributed by atoms with Crippen molar-refractivity contribution in [1.82, 2.24) is 10.3 Å². The first-order chi connectivity index (χ1) is 10.1. The third-order valence-corrected chi connectivity index (χ3v) is 3.07. The van der Waals surface area contributed by atoms with Crippen molar-refractivity contribution in [3.8, 4) is 5.75 Å². The lowest BCUT2D eigenvalue weighted by Crippen LogP contribution is -2.37. The van der Waals surface area contributed by atoms with E-state index in [1.54, 1.807) is 31.5 Å². The fraction of sp³-hybridized carbons (Fsp3) is 0.250. The van der Waals surface area contributed by atoms with Crippen molar-refractivity contribution in [3.63, 3.8) is 0 Å². The number of carbonyl (C=O) groups excluding carboxylic acids is 1. The molecule has 0 spiro atoms. The smallest absolute Gasteiger partial charge is 0.261 e. The second kappa shape index (κ2) is 6.83. The molecule has 0 saturated carbocycles. The van der Waals surface area contributed by atoms with Gasteiger partial charge in [0, 0.05) is 12.4 Å². The first-order valence-electron chi connectivity index (χ1n) is 6.69. The molecule has 0 saturated heterocycles. The summed E-state index contributed by atoms with van der Waals surface area (Å²) in [6, 6.07) is 9.49. The van der Waals surface area contributed by atoms with Gasteiger partial charge in [-0.2, -0.15) is 0 Å². The number of benzene rings is 1. The SMILES string of the molecule is C[C@H](Oc1ccccc1F)C(=O)N[C@@H](C)c1ccncc1. The maximum Gasteiger partial charge on any atom is 0.261 e. The quantitative estimate of drug-likeness (QED) is 0.920. The number of amides is 1. The van der Waals surface area contributed by atoms with Crippen LogP contribution in [0.15, 0.2) is 48.8 Å². The Balaban J connectivity index is 1.95. The zero-order valence-electron chi connectivity index (χ0n) is 11.9. The van der Waals surface area contributed by atoms with Crippen LogP contribution in [-0.2, 0) is 4.79 Å². The lowest BCUT2D eigenvalue weighted by Gasteiger charge is -2.19. The number of nitrogens with one attached hydrogen (secondary N) is 1. The van der Waals surface area contributed by atoms with Crippen LogP contribution in [0.1, 0.15) is 25.5 Å². The predicted molar refractivity (Wildman–Crippen MR) is 77.3 cm³/mol. The number of pyridine rings is 1. The number of nitrogens with zero attached hydrogens (tertiary/aromatic N) is 1. The number of hydrogen-bond donors (Lipinski definition) is 1. The number of hydrogen-bond acceptors (Lipinski definition) is 3. The van der Waals surface area contributed by atoms with Crippen LogP contribution < -0.4 is 10.1 Å². The highest BCUT2D eigenvalue weighted by Gasteiger charge is 2.18. The van der Waals surface area contributed by atoms with E-state index in [1.165, 1.54) is 12.1 Å². The van der Waals surface area contributed by atoms with E-state index in [9.17, 15) is 9.18 Å². The van der Waals surface area contributed by atoms with Crippen molar-refractivity contribution < 1.29 is 13.9 Å². The van der Waals surface area contributed by atoms with Crippen molar-refractivity contribution in [2.24, 2.45) is 0 Å². The fourth-order valence-corrected chi connectivity index (χ4v) is 1.85. The van der Waals surface area contributed by atoms with Gasteiger partial charge in [-0.3, -0.25) is 9.78 Å². The molecule has 21 heavy (non-hydrogen) atoms. The minimum Gasteiger partial charge on any atom is -0.478 e. The van der Waals surface area contributed by atoms with Crippen LogP contribution in [0.3, 0.4) is 0 Å². The number of para-hydroxylation sites is 1. The third kappa shape index (κ3) is 4.02. The van der Waals surface area contributed by atoms with Crippen molar-refractivity contribution in [3.05, 3.63) is 60.2 Å². The molecule has 1 heterocycles. The molecule has 0 radical (unpaired) electrons. The van der Waals surface area contributed by atoms with E-state index < -0.39 is 11.9 Å². The Hall–Kier alpha value is -2.43. The van der Waals surface area contributed by atoms with Crippen LogP contribution >= 0.6 is 0 Å². The van der Waals surface area contributed by atoms with Crippen LogP contribution in [-0.4, -0.2) is 17.0 Å². The summed E-state index contributed by atoms with van der Waals surface area (Å²) in [4.78, 5) is 16.0. The Morgan fingerprint density at radius 3 is 2.52 bits per heavy atom. The average Bonchev–Trinajstić information content (AvgIpc) is 2.50. The fourth-order valence-electron chi connectivity index (χ4n) is 1.85. The van der Waals surface area contributed by atoms with Gasteiger partial charge in [-0.1, -0.05) is 12.1 Å². The molecule has 110 valence electrons. The minimum atomic E-state index is -0.786. The highest BCUT2D eigenvalue weighted by Crippen LogP contribution is 2.17. The summed E-state index contributed by atoms with van der Waals surface area (Å²) in [5.41, 5.74) is 0.941. The first kappa shape index (κ1) is 15.0. The second-order valence-electron chi connectivity index (χ2n) is 4.70. The highest BCUT2D eigenvalue weighted by molar-refractivity contribution is 5.81. The number of ether oxygens (including phenoxy) is 1. The first-order valence-corrected chi connectivity index (χ1v) is 6.69. The number of carbonyl (C=O) groups is 1. The van der Waals surface area contributed by atoms with E-state index in [0.717, 1.165) is 5.56 Å². The van der Waals surface area contributed by atoms with Gasteiger partial charge in [0.15, 0.2) is 17.7 Å². The van der Waals surface area contributed by atoms with Crippen LogP contribution in [0.2, 0.25) is 0 Å². The summed E-state index contributed by atoms with van der Waals surface area (Å²) >= 11 is 0. The lowest BCUT2D eigenvalue weighted by atomic mass is 10.1. The number of halogens is 1. The molecular weight excluding hydrogens is 271 g/mol. The standard InChI is InChI=1S/C16H17FN2O2/c1-11(13-7-9-18-10-8-13)19-16(20)12(2)21-15-6-4-3-5-14(15)17/h3-12H,1-2H3,(H,19,20)/t11-,12-/m0/s1. The summed E-state index contributed by atoms with van der Waals surface area (Å²) in [6.45, 7) is 3.45. The largest absolute Gasteiger partial charge is 0.478 e. The molecule has 2 rings (SSSR count). The van der Waals surface area contributed by atoms with Gasteiger partial charge in [-0.15, -0.1) is 0 Å². The summed E-state index contributed by atoms with van der Waals surface area (Å²) in [5, 5.41) is 2.82. The molecule has 0 bridgehead atoms. The van der Waals surface area contributed by atoms with Crippen LogP contribution in [0.5, 0.6) is 5.75 Å². The highest BCUT2D eigenvalue weighted by atomic mass is 19.1. The summed E-state index contributed by atoms with van der Waals surface area (Å²) < 4.78 is 18.8. The molecule has 2 atom stereocenters. The molecule has 0 fully saturated rings. The molecule has 1 amide bonds. The molecule has 1 aromatic carbocycles. The van der Waals surface area contributed by atoms with E-state index in [1.807, 2.05) is 19.1 Å². The van der Waals surface area contributed by atoms with Crippen molar-refractivity contribution in [1.29, 1.82) is 0 Å². The molecule has 1 aromatic heterocycles. The Morgan fingerprint density at radius 1 is 1.19 bits per heavy atom. The molecule has 2 aromatic rings. The van der Waals surface area contributed by atoms with Gasteiger partial charge in [-0.05, 0) is 43.7 Å². The normalized spacial score (nSPS) is 13.3. The van der Waals surface area contributed by atoms with Gasteiger partial charge < -0.3 is 10.1 Å². The van der Waals surface area contributed by atoms with Gasteiger partial charge in [0.05, 0.1) is 6.04 Å². The lowest BCUT2D eigenvalue weighted by molar-refractivity contribution is -0.128. The Morgan fingerprint density at radius 2 is 1.86 bits per heavy atom. The molecule has 0 aliphatic carbocycles. The Kier molecular flexibility index (Phi) is 4.87. The van der Waals surface area contributed by atoms with Crippen molar-refractivity contribution in [2.45, 2.75) is 26.0 Å². The van der Waals surface area contributed by atoms with Gasteiger partial charge >= 0.3 is 0 Å². The van der Waals surface area contributed by atoms with Gasteiger partial charge in [0.25, 0.3) is 5.91 Å². The summed E-state index contributed by atoms with van der Waals surface area (Å²) in [6.07, 6.45) is 2.54. The number of rotatable bonds is 5. The van der Waals surface area contributed by atoms with Gasteiger partial charge in [-0.25, -0.2) is 4.39 Å². The maximum absolute atomic E-state index is 13.5. The topological polar surface area (TPSA) is 51.2 Å². The second-order valence-corrected chi connectivity index (χ2v) is 4.70. The van der Waals surface area contributed by atoms with E-state index >= 15 is 0 Å². The molecular formula is C16H17FN2O2. The van der Waals surface area contributed by atoms with E-state index in [0.29, 0.717) is 0 Å². The Labute approximate surface area is 123 Å². The van der Waals surface area contributed by atoms with E-state index in [4.69, 9.17) is 4.74 Å². The monoisotopic (exact) mass is 288 g/mol. The van der Waals surface area contributed by atoms with Crippen LogP contribution in [0.4, 0.5) is 4.39 Å². The summed E-state index contributed by atoms with van der Waals surface area (Å²) in [5.74, 6) is -0.724. The van der Waals surface area contributed by atoms with Crippen LogP contribution in [0.25, 0.3) is 0 Å². The van der Waals surface area contributed by atoms with Gasteiger partial charge in [0.1, 0.15) is 0 Å². The van der Waals surface area contributed by atoms with E-state index in [-0.39, 0.29) is 17.7 Å². The third-order valence-electron chi connectivity index (χ3n) is 3.07. The van der Waals surface area contributed by atoms with E-state index in [2.05, 4.69) is 10.3 Å². The van der Waals surface area contributed by atoms with Crippen molar-refractivity contribution in [2.75, 3.05) is 0 Å². The van der Waals surface area contributed by atoms with Crippen LogP contribution in [0, 0.1) is 5.82 Å². The molecule has 0 unspecified atom stereocenters.